The van der Waals surface area contributed by atoms with Crippen LogP contribution in [0.25, 0.3) is 0 Å². The predicted octanol–water partition coefficient (Wildman–Crippen LogP) is -2.17. The van der Waals surface area contributed by atoms with Gasteiger partial charge in [0.25, 0.3) is 0 Å². The molecule has 0 aliphatic heterocycles. The number of aromatic nitrogens is 2. The molecule has 0 radical (unpaired) electrons. The van der Waals surface area contributed by atoms with E-state index < -0.39 is 11.9 Å². The Morgan fingerprint density at radius 2 is 1.79 bits per heavy atom. The van der Waals surface area contributed by atoms with E-state index in [1.807, 2.05) is 7.05 Å². The molecule has 6 nitrogen and oxygen atoms in total. The van der Waals surface area contributed by atoms with E-state index in [0.29, 0.717) is 12.2 Å². The molecule has 2 N–H and O–H groups in total. The van der Waals surface area contributed by atoms with Gasteiger partial charge in [-0.05, 0) is 6.42 Å². The zero-order valence-corrected chi connectivity index (χ0v) is 12.6. The Bertz CT molecular complexity index is 400. The first-order valence-electron chi connectivity index (χ1n) is 5.60. The van der Waals surface area contributed by atoms with Crippen molar-refractivity contribution in [2.75, 3.05) is 0 Å². The SMILES string of the molecule is CCCCn1cc[n+](C)c1.O=C(O)/C=C\C(=O)O.[Br-]. The van der Waals surface area contributed by atoms with Gasteiger partial charge < -0.3 is 27.2 Å². The van der Waals surface area contributed by atoms with Crippen LogP contribution >= 0.6 is 0 Å². The van der Waals surface area contributed by atoms with Gasteiger partial charge in [-0.15, -0.1) is 0 Å². The fraction of sp³-hybridized carbons (Fsp3) is 0.417. The number of carboxylic acids is 2. The number of halogens is 1. The highest BCUT2D eigenvalue weighted by atomic mass is 79.9. The maximum atomic E-state index is 9.55. The molecule has 1 aromatic heterocycles. The van der Waals surface area contributed by atoms with Crippen LogP contribution in [0.2, 0.25) is 0 Å². The zero-order chi connectivity index (χ0) is 14.0. The van der Waals surface area contributed by atoms with E-state index in [4.69, 9.17) is 10.2 Å². The van der Waals surface area contributed by atoms with Crippen LogP contribution in [0.5, 0.6) is 0 Å². The molecule has 108 valence electrons. The van der Waals surface area contributed by atoms with E-state index in [9.17, 15) is 9.59 Å². The second kappa shape index (κ2) is 11.5. The standard InChI is InChI=1S/C8H15N2.C4H4O4.BrH/c1-3-4-5-10-7-6-9(2)8-10;5-3(6)1-2-4(7)8;/h6-8H,3-5H2,1-2H3;1-2H,(H,5,6)(H,7,8);1H/q+1;;/p-1/b;2-1-;. The van der Waals surface area contributed by atoms with Crippen LogP contribution in [0, 0.1) is 0 Å². The molecule has 0 bridgehead atoms. The van der Waals surface area contributed by atoms with Crippen molar-refractivity contribution in [1.82, 2.24) is 4.57 Å². The molecule has 1 aromatic rings. The zero-order valence-electron chi connectivity index (χ0n) is 11.0. The first-order chi connectivity index (χ1) is 8.45. The molecule has 0 saturated carbocycles. The molecule has 0 aromatic carbocycles. The van der Waals surface area contributed by atoms with Crippen molar-refractivity contribution in [2.24, 2.45) is 7.05 Å². The number of aliphatic carboxylic acids is 2. The van der Waals surface area contributed by atoms with Crippen molar-refractivity contribution < 1.29 is 41.4 Å². The largest absolute Gasteiger partial charge is 1.00 e. The van der Waals surface area contributed by atoms with Crippen molar-refractivity contribution in [3.8, 4) is 0 Å². The third-order valence-electron chi connectivity index (χ3n) is 1.96. The first-order valence-corrected chi connectivity index (χ1v) is 5.60. The average molecular weight is 335 g/mol. The molecule has 0 amide bonds. The third kappa shape index (κ3) is 12.6. The van der Waals surface area contributed by atoms with Crippen LogP contribution in [-0.4, -0.2) is 26.7 Å². The summed E-state index contributed by atoms with van der Waals surface area (Å²) >= 11 is 0. The van der Waals surface area contributed by atoms with E-state index in [1.165, 1.54) is 12.8 Å². The second-order valence-corrected chi connectivity index (χ2v) is 3.68. The van der Waals surface area contributed by atoms with Crippen LogP contribution in [0.15, 0.2) is 30.9 Å². The summed E-state index contributed by atoms with van der Waals surface area (Å²) in [5, 5.41) is 15.6. The fourth-order valence-electron chi connectivity index (χ4n) is 1.12. The molecule has 0 atom stereocenters. The van der Waals surface area contributed by atoms with Crippen molar-refractivity contribution in [3.63, 3.8) is 0 Å². The summed E-state index contributed by atoms with van der Waals surface area (Å²) in [7, 11) is 2.04. The average Bonchev–Trinajstić information content (AvgIpc) is 2.70. The van der Waals surface area contributed by atoms with E-state index in [2.05, 4.69) is 34.8 Å². The predicted molar refractivity (Wildman–Crippen MR) is 64.9 cm³/mol. The van der Waals surface area contributed by atoms with Crippen molar-refractivity contribution in [2.45, 2.75) is 26.3 Å². The van der Waals surface area contributed by atoms with Crippen molar-refractivity contribution in [1.29, 1.82) is 0 Å². The maximum absolute atomic E-state index is 9.55. The Balaban J connectivity index is 0. The van der Waals surface area contributed by atoms with E-state index in [0.717, 1.165) is 6.54 Å². The van der Waals surface area contributed by atoms with Gasteiger partial charge in [0.05, 0.1) is 13.6 Å². The smallest absolute Gasteiger partial charge is 0.328 e. The van der Waals surface area contributed by atoms with Crippen LogP contribution < -0.4 is 21.5 Å². The van der Waals surface area contributed by atoms with Crippen LogP contribution in [0.3, 0.4) is 0 Å². The number of hydrogen-bond acceptors (Lipinski definition) is 2. The van der Waals surface area contributed by atoms with Gasteiger partial charge >= 0.3 is 11.9 Å². The summed E-state index contributed by atoms with van der Waals surface area (Å²) in [6, 6.07) is 0. The Kier molecular flexibility index (Phi) is 11.9. The van der Waals surface area contributed by atoms with Crippen molar-refractivity contribution >= 4 is 11.9 Å². The molecule has 0 unspecified atom stereocenters. The minimum atomic E-state index is -1.26. The summed E-state index contributed by atoms with van der Waals surface area (Å²) in [4.78, 5) is 19.1. The molecule has 0 spiro atoms. The molecule has 7 heteroatoms. The number of hydrogen-bond donors (Lipinski definition) is 2. The number of nitrogens with zero attached hydrogens (tertiary/aromatic N) is 2. The van der Waals surface area contributed by atoms with Gasteiger partial charge in [-0.3, -0.25) is 0 Å². The molecule has 0 fully saturated rings. The van der Waals surface area contributed by atoms with E-state index in [-0.39, 0.29) is 17.0 Å². The van der Waals surface area contributed by atoms with Crippen molar-refractivity contribution in [3.05, 3.63) is 30.9 Å². The Labute approximate surface area is 122 Å². The van der Waals surface area contributed by atoms with E-state index >= 15 is 0 Å². The maximum Gasteiger partial charge on any atom is 0.328 e. The second-order valence-electron chi connectivity index (χ2n) is 3.68. The lowest BCUT2D eigenvalue weighted by molar-refractivity contribution is -0.671. The monoisotopic (exact) mass is 334 g/mol. The highest BCUT2D eigenvalue weighted by Gasteiger charge is 1.96. The van der Waals surface area contributed by atoms with Crippen LogP contribution in [-0.2, 0) is 23.2 Å². The third-order valence-corrected chi connectivity index (χ3v) is 1.96. The number of unbranched alkanes of at least 4 members (excludes halogenated alkanes) is 1. The number of rotatable bonds is 5. The Hall–Kier alpha value is -1.63. The van der Waals surface area contributed by atoms with Crippen LogP contribution in [0.4, 0.5) is 0 Å². The number of imidazole rings is 1. The first kappa shape index (κ1) is 19.7. The lowest BCUT2D eigenvalue weighted by Crippen LogP contribution is -3.00. The lowest BCUT2D eigenvalue weighted by atomic mass is 10.3. The quantitative estimate of drug-likeness (QED) is 0.474. The number of carbonyl (C=O) groups is 2. The highest BCUT2D eigenvalue weighted by Crippen LogP contribution is 1.91. The topological polar surface area (TPSA) is 83.4 Å². The van der Waals surface area contributed by atoms with E-state index in [1.54, 1.807) is 0 Å². The fourth-order valence-corrected chi connectivity index (χ4v) is 1.12. The van der Waals surface area contributed by atoms with Gasteiger partial charge in [-0.1, -0.05) is 13.3 Å². The summed E-state index contributed by atoms with van der Waals surface area (Å²) < 4.78 is 4.28. The number of carboxylic acid groups (broad SMARTS) is 2. The van der Waals surface area contributed by atoms with Gasteiger partial charge in [0.2, 0.25) is 6.33 Å². The summed E-state index contributed by atoms with van der Waals surface area (Å²) in [6.07, 6.45) is 9.93. The summed E-state index contributed by atoms with van der Waals surface area (Å²) in [6.45, 7) is 3.36. The van der Waals surface area contributed by atoms with Gasteiger partial charge in [-0.2, -0.15) is 0 Å². The Morgan fingerprint density at radius 1 is 1.26 bits per heavy atom. The molecule has 1 heterocycles. The summed E-state index contributed by atoms with van der Waals surface area (Å²) in [5.41, 5.74) is 0. The molecular formula is C12H19BrN2O4. The normalized spacial score (nSPS) is 9.37. The molecule has 19 heavy (non-hydrogen) atoms. The lowest BCUT2D eigenvalue weighted by Gasteiger charge is -1.90. The van der Waals surface area contributed by atoms with Gasteiger partial charge in [0.1, 0.15) is 12.4 Å². The van der Waals surface area contributed by atoms with Gasteiger partial charge in [-0.25, -0.2) is 18.7 Å². The Morgan fingerprint density at radius 3 is 2.11 bits per heavy atom. The minimum absolute atomic E-state index is 0. The van der Waals surface area contributed by atoms with Crippen LogP contribution in [0.1, 0.15) is 19.8 Å². The molecular weight excluding hydrogens is 316 g/mol. The summed E-state index contributed by atoms with van der Waals surface area (Å²) in [5.74, 6) is -2.51. The van der Waals surface area contributed by atoms with Gasteiger partial charge in [0, 0.05) is 12.2 Å². The minimum Gasteiger partial charge on any atom is -1.00 e. The molecule has 0 aliphatic carbocycles. The highest BCUT2D eigenvalue weighted by molar-refractivity contribution is 5.89. The number of aryl methyl sites for hydroxylation is 2. The molecule has 0 aliphatic rings. The molecule has 0 saturated heterocycles. The van der Waals surface area contributed by atoms with Gasteiger partial charge in [0.15, 0.2) is 0 Å². The molecule has 1 rings (SSSR count).